The summed E-state index contributed by atoms with van der Waals surface area (Å²) in [4.78, 5) is 35.2. The van der Waals surface area contributed by atoms with Crippen molar-refractivity contribution in [3.63, 3.8) is 0 Å². The average Bonchev–Trinajstić information content (AvgIpc) is 2.36. The highest BCUT2D eigenvalue weighted by Crippen LogP contribution is 2.19. The van der Waals surface area contributed by atoms with E-state index in [4.69, 9.17) is 11.6 Å². The highest BCUT2D eigenvalue weighted by Gasteiger charge is 2.29. The molecule has 0 saturated carbocycles. The molecule has 0 N–H and O–H groups in total. The Morgan fingerprint density at radius 3 is 2.47 bits per heavy atom. The summed E-state index contributed by atoms with van der Waals surface area (Å²) in [5, 5.41) is 0.512. The quantitative estimate of drug-likeness (QED) is 0.360. The van der Waals surface area contributed by atoms with E-state index in [1.165, 1.54) is 6.92 Å². The third-order valence-electron chi connectivity index (χ3n) is 2.72. The Morgan fingerprint density at radius 2 is 1.95 bits per heavy atom. The van der Waals surface area contributed by atoms with Crippen molar-refractivity contribution in [1.29, 1.82) is 0 Å². The fourth-order valence-corrected chi connectivity index (χ4v) is 1.86. The predicted molar refractivity (Wildman–Crippen MR) is 71.3 cm³/mol. The Morgan fingerprint density at radius 1 is 1.32 bits per heavy atom. The third kappa shape index (κ3) is 3.64. The van der Waals surface area contributed by atoms with Crippen molar-refractivity contribution in [2.24, 2.45) is 5.92 Å². The van der Waals surface area contributed by atoms with Crippen LogP contribution >= 0.6 is 11.6 Å². The second-order valence-corrected chi connectivity index (χ2v) is 4.57. The summed E-state index contributed by atoms with van der Waals surface area (Å²) in [7, 11) is 0. The number of carbonyl (C=O) groups excluding carboxylic acids is 3. The lowest BCUT2D eigenvalue weighted by atomic mass is 9.93. The number of aryl methyl sites for hydroxylation is 1. The smallest absolute Gasteiger partial charge is 0.375 e. The number of benzene rings is 1. The number of ether oxygens (including phenoxy) is 1. The molecule has 4 nitrogen and oxygen atoms in total. The van der Waals surface area contributed by atoms with Gasteiger partial charge >= 0.3 is 5.97 Å². The van der Waals surface area contributed by atoms with Gasteiger partial charge in [-0.3, -0.25) is 9.59 Å². The van der Waals surface area contributed by atoms with E-state index in [0.29, 0.717) is 16.1 Å². The molecule has 0 spiro atoms. The summed E-state index contributed by atoms with van der Waals surface area (Å²) in [6.45, 7) is 4.82. The molecule has 0 aliphatic heterocycles. The predicted octanol–water partition coefficient (Wildman–Crippen LogP) is 2.60. The van der Waals surface area contributed by atoms with E-state index in [0.717, 1.165) is 0 Å². The molecular formula is C14H15ClO4. The standard InChI is InChI=1S/C14H15ClO4/c1-4-19-14(18)13(17)9(3)12(16)11-6-5-10(15)7-8(11)2/h5-7,9H,4H2,1-3H3. The fourth-order valence-electron chi connectivity index (χ4n) is 1.63. The molecule has 0 heterocycles. The number of esters is 1. The second kappa shape index (κ2) is 6.48. The number of carbonyl (C=O) groups is 3. The van der Waals surface area contributed by atoms with Crippen LogP contribution in [0.3, 0.4) is 0 Å². The molecule has 1 aromatic carbocycles. The summed E-state index contributed by atoms with van der Waals surface area (Å²) in [6.07, 6.45) is 0. The van der Waals surface area contributed by atoms with Crippen molar-refractivity contribution in [2.45, 2.75) is 20.8 Å². The maximum atomic E-state index is 12.2. The molecule has 0 aliphatic carbocycles. The minimum atomic E-state index is -1.06. The number of Topliss-reactive ketones (excluding diaryl/α,β-unsaturated/α-hetero) is 2. The molecule has 0 aliphatic rings. The van der Waals surface area contributed by atoms with Gasteiger partial charge in [-0.2, -0.15) is 0 Å². The van der Waals surface area contributed by atoms with E-state index >= 15 is 0 Å². The van der Waals surface area contributed by atoms with E-state index in [-0.39, 0.29) is 6.61 Å². The molecule has 0 amide bonds. The van der Waals surface area contributed by atoms with Crippen LogP contribution in [-0.2, 0) is 14.3 Å². The first-order valence-corrected chi connectivity index (χ1v) is 6.27. The van der Waals surface area contributed by atoms with Crippen molar-refractivity contribution < 1.29 is 19.1 Å². The van der Waals surface area contributed by atoms with Gasteiger partial charge in [0.15, 0.2) is 5.78 Å². The van der Waals surface area contributed by atoms with E-state index in [9.17, 15) is 14.4 Å². The molecule has 0 bridgehead atoms. The van der Waals surface area contributed by atoms with Crippen LogP contribution < -0.4 is 0 Å². The van der Waals surface area contributed by atoms with Crippen molar-refractivity contribution in [2.75, 3.05) is 6.61 Å². The van der Waals surface area contributed by atoms with Gasteiger partial charge in [-0.15, -0.1) is 0 Å². The zero-order valence-corrected chi connectivity index (χ0v) is 11.8. The molecule has 102 valence electrons. The largest absolute Gasteiger partial charge is 0.460 e. The lowest BCUT2D eigenvalue weighted by Crippen LogP contribution is -2.30. The van der Waals surface area contributed by atoms with E-state index < -0.39 is 23.5 Å². The van der Waals surface area contributed by atoms with Gasteiger partial charge in [-0.1, -0.05) is 11.6 Å². The van der Waals surface area contributed by atoms with Crippen LogP contribution in [-0.4, -0.2) is 24.1 Å². The topological polar surface area (TPSA) is 60.4 Å². The highest BCUT2D eigenvalue weighted by molar-refractivity contribution is 6.39. The molecular weight excluding hydrogens is 268 g/mol. The van der Waals surface area contributed by atoms with Gasteiger partial charge in [0, 0.05) is 10.6 Å². The molecule has 1 rings (SSSR count). The maximum absolute atomic E-state index is 12.2. The van der Waals surface area contributed by atoms with Gasteiger partial charge in [0.05, 0.1) is 12.5 Å². The summed E-state index contributed by atoms with van der Waals surface area (Å²) < 4.78 is 4.60. The van der Waals surface area contributed by atoms with E-state index in [2.05, 4.69) is 4.74 Å². The van der Waals surface area contributed by atoms with Gasteiger partial charge in [0.2, 0.25) is 0 Å². The second-order valence-electron chi connectivity index (χ2n) is 4.13. The van der Waals surface area contributed by atoms with Crippen LogP contribution in [0.15, 0.2) is 18.2 Å². The van der Waals surface area contributed by atoms with Gasteiger partial charge < -0.3 is 4.74 Å². The van der Waals surface area contributed by atoms with Gasteiger partial charge in [0.25, 0.3) is 5.78 Å². The molecule has 19 heavy (non-hydrogen) atoms. The molecule has 1 unspecified atom stereocenters. The molecule has 1 aromatic rings. The number of rotatable bonds is 5. The van der Waals surface area contributed by atoms with Crippen LogP contribution in [0.2, 0.25) is 5.02 Å². The fraction of sp³-hybridized carbons (Fsp3) is 0.357. The SMILES string of the molecule is CCOC(=O)C(=O)C(C)C(=O)c1ccc(Cl)cc1C. The Hall–Kier alpha value is -1.68. The minimum Gasteiger partial charge on any atom is -0.460 e. The van der Waals surface area contributed by atoms with Gasteiger partial charge in [-0.25, -0.2) is 4.79 Å². The van der Waals surface area contributed by atoms with Crippen LogP contribution in [0.5, 0.6) is 0 Å². The van der Waals surface area contributed by atoms with Crippen LogP contribution in [0.4, 0.5) is 0 Å². The average molecular weight is 283 g/mol. The van der Waals surface area contributed by atoms with Gasteiger partial charge in [0.1, 0.15) is 0 Å². The molecule has 5 heteroatoms. The van der Waals surface area contributed by atoms with E-state index in [1.54, 1.807) is 32.0 Å². The maximum Gasteiger partial charge on any atom is 0.375 e. The zero-order valence-electron chi connectivity index (χ0n) is 11.0. The zero-order chi connectivity index (χ0) is 14.6. The van der Waals surface area contributed by atoms with Crippen LogP contribution in [0, 0.1) is 12.8 Å². The van der Waals surface area contributed by atoms with Crippen LogP contribution in [0.25, 0.3) is 0 Å². The Balaban J connectivity index is 2.93. The summed E-state index contributed by atoms with van der Waals surface area (Å²) in [5.74, 6) is -3.28. The van der Waals surface area contributed by atoms with Gasteiger partial charge in [-0.05, 0) is 44.5 Å². The number of ketones is 2. The summed E-state index contributed by atoms with van der Waals surface area (Å²) in [5.41, 5.74) is 1.05. The number of hydrogen-bond donors (Lipinski definition) is 0. The first kappa shape index (κ1) is 15.4. The number of halogens is 1. The Labute approximate surface area is 116 Å². The normalized spacial score (nSPS) is 11.8. The number of hydrogen-bond acceptors (Lipinski definition) is 4. The first-order chi connectivity index (χ1) is 8.88. The van der Waals surface area contributed by atoms with Crippen molar-refractivity contribution in [3.05, 3.63) is 34.3 Å². The van der Waals surface area contributed by atoms with Crippen molar-refractivity contribution in [3.8, 4) is 0 Å². The van der Waals surface area contributed by atoms with Crippen molar-refractivity contribution in [1.82, 2.24) is 0 Å². The summed E-state index contributed by atoms with van der Waals surface area (Å²) >= 11 is 5.80. The van der Waals surface area contributed by atoms with Crippen LogP contribution in [0.1, 0.15) is 29.8 Å². The van der Waals surface area contributed by atoms with Crippen molar-refractivity contribution >= 4 is 29.1 Å². The molecule has 0 radical (unpaired) electrons. The highest BCUT2D eigenvalue weighted by atomic mass is 35.5. The monoisotopic (exact) mass is 282 g/mol. The molecule has 0 saturated heterocycles. The Kier molecular flexibility index (Phi) is 5.24. The minimum absolute atomic E-state index is 0.103. The summed E-state index contributed by atoms with van der Waals surface area (Å²) in [6, 6.07) is 4.76. The van der Waals surface area contributed by atoms with E-state index in [1.807, 2.05) is 0 Å². The molecule has 0 fully saturated rings. The lowest BCUT2D eigenvalue weighted by molar-refractivity contribution is -0.154. The third-order valence-corrected chi connectivity index (χ3v) is 2.95. The molecule has 1 atom stereocenters. The Bertz CT molecular complexity index is 522. The first-order valence-electron chi connectivity index (χ1n) is 5.89. The molecule has 0 aromatic heterocycles. The lowest BCUT2D eigenvalue weighted by Gasteiger charge is -2.11.